The number of nitriles is 1. The van der Waals surface area contributed by atoms with Crippen LogP contribution in [0.1, 0.15) is 34.8 Å². The molecule has 0 saturated carbocycles. The predicted octanol–water partition coefficient (Wildman–Crippen LogP) is 2.43. The third-order valence-corrected chi connectivity index (χ3v) is 4.51. The van der Waals surface area contributed by atoms with Crippen molar-refractivity contribution in [2.45, 2.75) is 19.5 Å². The molecule has 4 rings (SSSR count). The second kappa shape index (κ2) is 6.41. The van der Waals surface area contributed by atoms with Gasteiger partial charge in [0.05, 0.1) is 18.2 Å². The number of pyridine rings is 1. The first-order valence-corrected chi connectivity index (χ1v) is 8.34. The average molecular weight is 344 g/mol. The van der Waals surface area contributed by atoms with Gasteiger partial charge in [0.15, 0.2) is 5.82 Å². The largest absolute Gasteiger partial charge is 0.327 e. The molecule has 0 spiro atoms. The number of carbonyl (C=O) groups excluding carboxylic acids is 1. The van der Waals surface area contributed by atoms with E-state index in [4.69, 9.17) is 5.26 Å². The summed E-state index contributed by atoms with van der Waals surface area (Å²) in [7, 11) is 0. The molecule has 3 aromatic rings. The van der Waals surface area contributed by atoms with Gasteiger partial charge in [-0.3, -0.25) is 4.79 Å². The van der Waals surface area contributed by atoms with E-state index < -0.39 is 0 Å². The monoisotopic (exact) mass is 344 g/mol. The zero-order valence-corrected chi connectivity index (χ0v) is 14.2. The number of fused-ring (bicyclic) bond motifs is 1. The van der Waals surface area contributed by atoms with Gasteiger partial charge in [-0.15, -0.1) is 0 Å². The molecule has 26 heavy (non-hydrogen) atoms. The van der Waals surface area contributed by atoms with Crippen LogP contribution in [0.3, 0.4) is 0 Å². The number of aromatic nitrogens is 4. The topological polar surface area (TPSA) is 87.7 Å². The fraction of sp³-hybridized carbons (Fsp3) is 0.211. The molecule has 7 nitrogen and oxygen atoms in total. The highest BCUT2D eigenvalue weighted by atomic mass is 16.2. The fourth-order valence-electron chi connectivity index (χ4n) is 3.10. The van der Waals surface area contributed by atoms with E-state index in [1.807, 2.05) is 48.0 Å². The van der Waals surface area contributed by atoms with E-state index in [0.29, 0.717) is 30.2 Å². The minimum Gasteiger partial charge on any atom is -0.327 e. The average Bonchev–Trinajstić information content (AvgIpc) is 3.14. The van der Waals surface area contributed by atoms with Gasteiger partial charge < -0.3 is 4.90 Å². The van der Waals surface area contributed by atoms with Crippen molar-refractivity contribution < 1.29 is 4.79 Å². The predicted molar refractivity (Wildman–Crippen MR) is 93.9 cm³/mol. The molecular formula is C19H16N6O. The molecule has 1 amide bonds. The Hall–Kier alpha value is -3.53. The lowest BCUT2D eigenvalue weighted by Gasteiger charge is -2.32. The fourth-order valence-corrected chi connectivity index (χ4v) is 3.10. The van der Waals surface area contributed by atoms with Gasteiger partial charge in [0, 0.05) is 18.3 Å². The van der Waals surface area contributed by atoms with Crippen molar-refractivity contribution in [2.75, 3.05) is 6.54 Å². The third kappa shape index (κ3) is 2.71. The molecule has 1 aliphatic rings. The molecule has 0 saturated heterocycles. The summed E-state index contributed by atoms with van der Waals surface area (Å²) < 4.78 is 1.87. The smallest absolute Gasteiger partial charge is 0.256 e. The molecule has 1 atom stereocenters. The van der Waals surface area contributed by atoms with E-state index >= 15 is 0 Å². The van der Waals surface area contributed by atoms with Gasteiger partial charge in [-0.25, -0.2) is 14.6 Å². The van der Waals surface area contributed by atoms with Crippen molar-refractivity contribution in [3.63, 3.8) is 0 Å². The quantitative estimate of drug-likeness (QED) is 0.712. The van der Waals surface area contributed by atoms with Crippen LogP contribution in [-0.2, 0) is 6.54 Å². The molecule has 0 radical (unpaired) electrons. The summed E-state index contributed by atoms with van der Waals surface area (Å²) in [6.07, 6.45) is 1.45. The lowest BCUT2D eigenvalue weighted by molar-refractivity contribution is 0.0630. The number of hydrogen-bond acceptors (Lipinski definition) is 5. The molecule has 2 aromatic heterocycles. The molecule has 3 heterocycles. The molecule has 1 aromatic carbocycles. The van der Waals surface area contributed by atoms with E-state index in [1.54, 1.807) is 17.0 Å². The normalized spacial score (nSPS) is 16.0. The molecule has 0 bridgehead atoms. The number of rotatable bonds is 2. The minimum absolute atomic E-state index is 0.120. The third-order valence-electron chi connectivity index (χ3n) is 4.51. The maximum atomic E-state index is 12.8. The Kier molecular flexibility index (Phi) is 3.93. The standard InChI is InChI=1S/C19H16N6O/c1-13-18-22-17(14-5-3-2-4-6-14)23-25(18)10-9-24(13)19(26)15-7-8-16(11-20)21-12-15/h2-8,12-13H,9-10H2,1H3/t13-/m0/s1. The first kappa shape index (κ1) is 16.0. The van der Waals surface area contributed by atoms with E-state index in [2.05, 4.69) is 15.1 Å². The second-order valence-corrected chi connectivity index (χ2v) is 6.10. The van der Waals surface area contributed by atoms with E-state index in [9.17, 15) is 4.79 Å². The van der Waals surface area contributed by atoms with E-state index in [-0.39, 0.29) is 11.9 Å². The lowest BCUT2D eigenvalue weighted by Crippen LogP contribution is -2.41. The second-order valence-electron chi connectivity index (χ2n) is 6.10. The maximum Gasteiger partial charge on any atom is 0.256 e. The Balaban J connectivity index is 1.61. The molecule has 0 N–H and O–H groups in total. The van der Waals surface area contributed by atoms with Crippen LogP contribution in [0.2, 0.25) is 0 Å². The molecule has 0 unspecified atom stereocenters. The molecule has 0 fully saturated rings. The summed E-state index contributed by atoms with van der Waals surface area (Å²) in [4.78, 5) is 23.2. The number of carbonyl (C=O) groups is 1. The van der Waals surface area contributed by atoms with Gasteiger partial charge in [-0.05, 0) is 19.1 Å². The van der Waals surface area contributed by atoms with Crippen LogP contribution in [0, 0.1) is 11.3 Å². The Bertz CT molecular complexity index is 987. The molecular weight excluding hydrogens is 328 g/mol. The summed E-state index contributed by atoms with van der Waals surface area (Å²) in [6, 6.07) is 14.7. The Morgan fingerprint density at radius 3 is 2.69 bits per heavy atom. The summed E-state index contributed by atoms with van der Waals surface area (Å²) in [5.41, 5.74) is 1.71. The Labute approximate surface area is 150 Å². The first-order chi connectivity index (χ1) is 12.7. The summed E-state index contributed by atoms with van der Waals surface area (Å²) in [5, 5.41) is 13.4. The Morgan fingerprint density at radius 1 is 1.19 bits per heavy atom. The highest BCUT2D eigenvalue weighted by Crippen LogP contribution is 2.27. The van der Waals surface area contributed by atoms with Crippen LogP contribution in [0.25, 0.3) is 11.4 Å². The minimum atomic E-state index is -0.197. The van der Waals surface area contributed by atoms with Crippen molar-refractivity contribution in [2.24, 2.45) is 0 Å². The molecule has 7 heteroatoms. The van der Waals surface area contributed by atoms with Crippen LogP contribution in [-0.4, -0.2) is 37.1 Å². The SMILES string of the molecule is C[C@H]1c2nc(-c3ccccc3)nn2CCN1C(=O)c1ccc(C#N)nc1. The van der Waals surface area contributed by atoms with Gasteiger partial charge in [-0.1, -0.05) is 30.3 Å². The molecule has 1 aliphatic heterocycles. The highest BCUT2D eigenvalue weighted by molar-refractivity contribution is 5.94. The molecule has 0 aliphatic carbocycles. The summed E-state index contributed by atoms with van der Waals surface area (Å²) in [6.45, 7) is 3.09. The lowest BCUT2D eigenvalue weighted by atomic mass is 10.1. The maximum absolute atomic E-state index is 12.8. The molecule has 128 valence electrons. The van der Waals surface area contributed by atoms with Crippen molar-refractivity contribution in [1.29, 1.82) is 5.26 Å². The van der Waals surface area contributed by atoms with Crippen LogP contribution >= 0.6 is 0 Å². The van der Waals surface area contributed by atoms with Crippen molar-refractivity contribution >= 4 is 5.91 Å². The van der Waals surface area contributed by atoms with Gasteiger partial charge >= 0.3 is 0 Å². The number of benzene rings is 1. The number of amides is 1. The van der Waals surface area contributed by atoms with Crippen LogP contribution in [0.5, 0.6) is 0 Å². The number of nitrogens with zero attached hydrogens (tertiary/aromatic N) is 6. The van der Waals surface area contributed by atoms with Crippen LogP contribution in [0.4, 0.5) is 0 Å². The highest BCUT2D eigenvalue weighted by Gasteiger charge is 2.31. The van der Waals surface area contributed by atoms with E-state index in [0.717, 1.165) is 11.4 Å². The zero-order chi connectivity index (χ0) is 18.1. The van der Waals surface area contributed by atoms with Gasteiger partial charge in [0.2, 0.25) is 0 Å². The van der Waals surface area contributed by atoms with Crippen molar-refractivity contribution in [1.82, 2.24) is 24.6 Å². The Morgan fingerprint density at radius 2 is 2.00 bits per heavy atom. The summed E-state index contributed by atoms with van der Waals surface area (Å²) >= 11 is 0. The van der Waals surface area contributed by atoms with Gasteiger partial charge in [0.25, 0.3) is 5.91 Å². The first-order valence-electron chi connectivity index (χ1n) is 8.34. The van der Waals surface area contributed by atoms with Crippen molar-refractivity contribution in [3.05, 3.63) is 65.7 Å². The van der Waals surface area contributed by atoms with Gasteiger partial charge in [-0.2, -0.15) is 10.4 Å². The van der Waals surface area contributed by atoms with Crippen molar-refractivity contribution in [3.8, 4) is 17.5 Å². The number of hydrogen-bond donors (Lipinski definition) is 0. The van der Waals surface area contributed by atoms with Gasteiger partial charge in [0.1, 0.15) is 17.6 Å². The van der Waals surface area contributed by atoms with Crippen LogP contribution < -0.4 is 0 Å². The summed E-state index contributed by atoms with van der Waals surface area (Å²) in [5.74, 6) is 1.32. The van der Waals surface area contributed by atoms with Crippen LogP contribution in [0.15, 0.2) is 48.7 Å². The van der Waals surface area contributed by atoms with E-state index in [1.165, 1.54) is 6.20 Å². The zero-order valence-electron chi connectivity index (χ0n) is 14.2.